The molecule has 2 fully saturated rings. The molecule has 1 amide bonds. The summed E-state index contributed by atoms with van der Waals surface area (Å²) in [6.07, 6.45) is 7.15. The number of pyridine rings is 1. The summed E-state index contributed by atoms with van der Waals surface area (Å²) >= 11 is 0. The minimum atomic E-state index is -0.674. The van der Waals surface area contributed by atoms with E-state index in [9.17, 15) is 4.79 Å². The molecule has 2 aromatic rings. The first-order chi connectivity index (χ1) is 19.4. The molecule has 1 saturated carbocycles. The molecule has 0 spiro atoms. The van der Waals surface area contributed by atoms with Crippen LogP contribution in [0.15, 0.2) is 58.5 Å². The van der Waals surface area contributed by atoms with Crippen molar-refractivity contribution < 1.29 is 9.18 Å². The number of hydrogen-bond donors (Lipinski definition) is 4. The van der Waals surface area contributed by atoms with Gasteiger partial charge in [0.05, 0.1) is 18.1 Å². The first-order valence-electron chi connectivity index (χ1n) is 13.6. The molecule has 0 atom stereocenters. The molecule has 1 saturated heterocycles. The van der Waals surface area contributed by atoms with Crippen LogP contribution in [0.4, 0.5) is 21.6 Å². The molecule has 1 aromatic heterocycles. The van der Waals surface area contributed by atoms with Gasteiger partial charge in [-0.15, -0.1) is 0 Å². The molecule has 0 bridgehead atoms. The van der Waals surface area contributed by atoms with E-state index in [1.807, 2.05) is 18.3 Å². The van der Waals surface area contributed by atoms with E-state index in [4.69, 9.17) is 5.41 Å². The van der Waals surface area contributed by atoms with Gasteiger partial charge in [0.15, 0.2) is 5.83 Å². The Kier molecular flexibility index (Phi) is 9.96. The molecule has 0 radical (unpaired) electrons. The summed E-state index contributed by atoms with van der Waals surface area (Å²) in [7, 11) is 3.21. The highest BCUT2D eigenvalue weighted by Gasteiger charge is 2.23. The van der Waals surface area contributed by atoms with Crippen LogP contribution in [0, 0.1) is 5.41 Å². The van der Waals surface area contributed by atoms with Crippen LogP contribution in [0.5, 0.6) is 0 Å². The highest BCUT2D eigenvalue weighted by molar-refractivity contribution is 6.45. The Hall–Kier alpha value is -4.12. The van der Waals surface area contributed by atoms with Crippen LogP contribution in [0.3, 0.4) is 0 Å². The van der Waals surface area contributed by atoms with Gasteiger partial charge < -0.3 is 25.8 Å². The molecule has 2 heterocycles. The minimum Gasteiger partial charge on any atom is -0.382 e. The Bertz CT molecular complexity index is 1260. The van der Waals surface area contributed by atoms with E-state index in [1.165, 1.54) is 4.90 Å². The third kappa shape index (κ3) is 7.29. The van der Waals surface area contributed by atoms with Crippen molar-refractivity contribution in [3.05, 3.63) is 59.7 Å². The summed E-state index contributed by atoms with van der Waals surface area (Å²) in [5.74, 6) is -0.499. The lowest BCUT2D eigenvalue weighted by atomic mass is 9.99. The zero-order valence-corrected chi connectivity index (χ0v) is 23.2. The van der Waals surface area contributed by atoms with Crippen molar-refractivity contribution in [2.45, 2.75) is 31.7 Å². The van der Waals surface area contributed by atoms with Crippen LogP contribution in [-0.2, 0) is 4.79 Å². The number of aromatic nitrogens is 1. The lowest BCUT2D eigenvalue weighted by molar-refractivity contribution is -0.121. The molecule has 4 rings (SSSR count). The van der Waals surface area contributed by atoms with E-state index in [2.05, 4.69) is 42.5 Å². The summed E-state index contributed by atoms with van der Waals surface area (Å²) in [6, 6.07) is 9.31. The fourth-order valence-corrected chi connectivity index (χ4v) is 4.90. The van der Waals surface area contributed by atoms with Gasteiger partial charge >= 0.3 is 0 Å². The number of nitrogens with zero attached hydrogens (tertiary/aromatic N) is 5. The number of benzene rings is 1. The van der Waals surface area contributed by atoms with Crippen LogP contribution < -0.4 is 20.9 Å². The molecule has 2 aliphatic rings. The molecule has 4 N–H and O–H groups in total. The number of hydrogen-bond acceptors (Lipinski definition) is 9. The van der Waals surface area contributed by atoms with Crippen LogP contribution in [-0.4, -0.2) is 86.9 Å². The highest BCUT2D eigenvalue weighted by atomic mass is 19.1. The quantitative estimate of drug-likeness (QED) is 0.319. The van der Waals surface area contributed by atoms with Gasteiger partial charge in [-0.1, -0.05) is 18.9 Å². The number of nitrogens with one attached hydrogen (secondary N) is 4. The van der Waals surface area contributed by atoms with Crippen molar-refractivity contribution in [3.8, 4) is 0 Å². The number of piperazine rings is 1. The molecular formula is C29H38FN9O. The van der Waals surface area contributed by atoms with E-state index in [0.717, 1.165) is 63.7 Å². The first-order valence-corrected chi connectivity index (χ1v) is 13.6. The number of allylic oxidation sites excluding steroid dienone is 1. The van der Waals surface area contributed by atoms with Gasteiger partial charge in [-0.25, -0.2) is 9.37 Å². The number of halogens is 1. The summed E-state index contributed by atoms with van der Waals surface area (Å²) in [5, 5.41) is 18.5. The van der Waals surface area contributed by atoms with Crippen LogP contribution in [0.25, 0.3) is 0 Å². The smallest absolute Gasteiger partial charge is 0.271 e. The van der Waals surface area contributed by atoms with Crippen molar-refractivity contribution in [2.75, 3.05) is 62.5 Å². The molecule has 1 aliphatic heterocycles. The second kappa shape index (κ2) is 13.8. The molecule has 1 aliphatic carbocycles. The Labute approximate surface area is 235 Å². The maximum absolute atomic E-state index is 15.2. The van der Waals surface area contributed by atoms with E-state index < -0.39 is 11.7 Å². The maximum atomic E-state index is 15.2. The lowest BCUT2D eigenvalue weighted by Crippen LogP contribution is -2.43. The average Bonchev–Trinajstić information content (AvgIpc) is 3.49. The molecule has 212 valence electrons. The van der Waals surface area contributed by atoms with E-state index >= 15 is 4.39 Å². The number of rotatable bonds is 11. The Morgan fingerprint density at radius 3 is 2.65 bits per heavy atom. The molecule has 10 nitrogen and oxygen atoms in total. The average molecular weight is 548 g/mol. The number of likely N-dealkylation sites (N-methyl/N-ethyl adjacent to an activating group) is 1. The monoisotopic (exact) mass is 547 g/mol. The number of carbonyl (C=O) groups excluding carboxylic acids is 1. The van der Waals surface area contributed by atoms with Gasteiger partial charge in [-0.3, -0.25) is 20.2 Å². The largest absolute Gasteiger partial charge is 0.382 e. The lowest BCUT2D eigenvalue weighted by Gasteiger charge is -2.29. The van der Waals surface area contributed by atoms with E-state index in [-0.39, 0.29) is 24.1 Å². The standard InChI is InChI=1S/C29H38FN9O/c1-32-18-24(30)28(36-19-35-26-11-9-22(17-34-26)39-14-12-33-13-15-39)20-8-10-25(37-21-6-4-5-7-21)23(16-20)27(31)29(40)38(2)3/h8-11,16-18,21,31,33,37H,1,4-7,12-15,19H2,2-3H3,(H,34,35)/b24-18+,31-27?,36-28-. The number of aliphatic imine (C=N–C) groups is 2. The SMILES string of the molecule is C=N/C=C(F)\C(=N/CNc1ccc(N2CCNCC2)cn1)c1ccc(NC2CCCC2)c(C(=N)C(=O)N(C)C)c1. The number of amides is 1. The number of anilines is 3. The van der Waals surface area contributed by atoms with E-state index in [0.29, 0.717) is 22.6 Å². The van der Waals surface area contributed by atoms with Crippen molar-refractivity contribution in [1.29, 1.82) is 5.41 Å². The summed E-state index contributed by atoms with van der Waals surface area (Å²) in [6.45, 7) is 7.16. The molecule has 1 aromatic carbocycles. The van der Waals surface area contributed by atoms with Crippen LogP contribution in [0.1, 0.15) is 36.8 Å². The van der Waals surface area contributed by atoms with Gasteiger partial charge in [0, 0.05) is 63.1 Å². The highest BCUT2D eigenvalue weighted by Crippen LogP contribution is 2.27. The molecular weight excluding hydrogens is 509 g/mol. The van der Waals surface area contributed by atoms with Crippen molar-refractivity contribution in [3.63, 3.8) is 0 Å². The normalized spacial score (nSPS) is 16.5. The first kappa shape index (κ1) is 28.9. The summed E-state index contributed by atoms with van der Waals surface area (Å²) < 4.78 is 15.2. The van der Waals surface area contributed by atoms with Crippen molar-refractivity contribution >= 4 is 41.2 Å². The maximum Gasteiger partial charge on any atom is 0.271 e. The summed E-state index contributed by atoms with van der Waals surface area (Å²) in [4.78, 5) is 28.9. The third-order valence-electron chi connectivity index (χ3n) is 7.06. The second-order valence-electron chi connectivity index (χ2n) is 10.1. The zero-order valence-electron chi connectivity index (χ0n) is 23.2. The van der Waals surface area contributed by atoms with Gasteiger partial charge in [0.25, 0.3) is 5.91 Å². The third-order valence-corrected chi connectivity index (χ3v) is 7.06. The zero-order chi connectivity index (χ0) is 28.5. The minimum absolute atomic E-state index is 0.0381. The van der Waals surface area contributed by atoms with Gasteiger partial charge in [0.2, 0.25) is 0 Å². The van der Waals surface area contributed by atoms with Crippen molar-refractivity contribution in [1.82, 2.24) is 15.2 Å². The second-order valence-corrected chi connectivity index (χ2v) is 10.1. The van der Waals surface area contributed by atoms with E-state index in [1.54, 1.807) is 32.3 Å². The fourth-order valence-electron chi connectivity index (χ4n) is 4.90. The molecule has 11 heteroatoms. The van der Waals surface area contributed by atoms with Gasteiger partial charge in [-0.2, -0.15) is 0 Å². The Balaban J connectivity index is 1.58. The predicted molar refractivity (Wildman–Crippen MR) is 161 cm³/mol. The number of carbonyl (C=O) groups is 1. The topological polar surface area (TPSA) is 121 Å². The molecule has 40 heavy (non-hydrogen) atoms. The Morgan fingerprint density at radius 2 is 2.00 bits per heavy atom. The Morgan fingerprint density at radius 1 is 1.25 bits per heavy atom. The van der Waals surface area contributed by atoms with Crippen molar-refractivity contribution in [2.24, 2.45) is 9.98 Å². The molecule has 0 unspecified atom stereocenters. The van der Waals surface area contributed by atoms with Gasteiger partial charge in [-0.05, 0) is 43.8 Å². The van der Waals surface area contributed by atoms with Crippen LogP contribution >= 0.6 is 0 Å². The van der Waals surface area contributed by atoms with Gasteiger partial charge in [0.1, 0.15) is 23.9 Å². The fraction of sp³-hybridized carbons (Fsp3) is 0.414. The summed E-state index contributed by atoms with van der Waals surface area (Å²) in [5.41, 5.74) is 2.41. The van der Waals surface area contributed by atoms with Crippen LogP contribution in [0.2, 0.25) is 0 Å². The predicted octanol–water partition coefficient (Wildman–Crippen LogP) is 3.67.